The first-order chi connectivity index (χ1) is 11.2. The van der Waals surface area contributed by atoms with Gasteiger partial charge in [-0.25, -0.2) is 0 Å². The zero-order valence-corrected chi connectivity index (χ0v) is 13.8. The molecular formula is C17H22ClN3O2. The lowest BCUT2D eigenvalue weighted by molar-refractivity contribution is 0.0550. The summed E-state index contributed by atoms with van der Waals surface area (Å²) < 4.78 is 7.63. The Morgan fingerprint density at radius 3 is 2.65 bits per heavy atom. The van der Waals surface area contributed by atoms with Gasteiger partial charge in [0, 0.05) is 37.1 Å². The number of β-amino-alcohol motifs (C(OH)–C–C–N with tert-alkyl or cyclic N) is 1. The van der Waals surface area contributed by atoms with Crippen molar-refractivity contribution in [2.75, 3.05) is 26.2 Å². The van der Waals surface area contributed by atoms with Gasteiger partial charge in [0.15, 0.2) is 0 Å². The van der Waals surface area contributed by atoms with E-state index in [1.165, 1.54) is 0 Å². The van der Waals surface area contributed by atoms with Crippen molar-refractivity contribution in [1.82, 2.24) is 14.7 Å². The van der Waals surface area contributed by atoms with E-state index in [2.05, 4.69) is 10.00 Å². The van der Waals surface area contributed by atoms with Gasteiger partial charge in [-0.3, -0.25) is 4.68 Å². The van der Waals surface area contributed by atoms with Gasteiger partial charge >= 0.3 is 0 Å². The molecule has 1 N–H and O–H groups in total. The maximum Gasteiger partial charge on any atom is 0.119 e. The number of aliphatic hydroxyl groups is 1. The highest BCUT2D eigenvalue weighted by atomic mass is 35.5. The zero-order chi connectivity index (χ0) is 16.1. The van der Waals surface area contributed by atoms with Crippen molar-refractivity contribution in [1.29, 1.82) is 0 Å². The molecule has 6 heteroatoms. The first-order valence-electron chi connectivity index (χ1n) is 7.98. The van der Waals surface area contributed by atoms with Gasteiger partial charge in [-0.1, -0.05) is 11.6 Å². The number of aliphatic hydroxyl groups excluding tert-OH is 1. The Morgan fingerprint density at radius 1 is 1.26 bits per heavy atom. The summed E-state index contributed by atoms with van der Waals surface area (Å²) in [4.78, 5) is 2.29. The van der Waals surface area contributed by atoms with E-state index in [1.54, 1.807) is 12.1 Å². The third-order valence-corrected chi connectivity index (χ3v) is 4.43. The van der Waals surface area contributed by atoms with Crippen LogP contribution < -0.4 is 4.74 Å². The minimum atomic E-state index is -0.494. The monoisotopic (exact) mass is 335 g/mol. The Hall–Kier alpha value is -1.56. The van der Waals surface area contributed by atoms with Crippen LogP contribution >= 0.6 is 11.6 Å². The summed E-state index contributed by atoms with van der Waals surface area (Å²) in [5.74, 6) is 0.728. The van der Waals surface area contributed by atoms with Crippen LogP contribution in [0.1, 0.15) is 18.9 Å². The van der Waals surface area contributed by atoms with Crippen LogP contribution in [0.3, 0.4) is 0 Å². The molecule has 5 nitrogen and oxygen atoms in total. The molecule has 2 aromatic rings. The predicted octanol–water partition coefficient (Wildman–Crippen LogP) is 2.61. The van der Waals surface area contributed by atoms with E-state index in [4.69, 9.17) is 16.3 Å². The number of nitrogens with zero attached hydrogens (tertiary/aromatic N) is 3. The van der Waals surface area contributed by atoms with Gasteiger partial charge in [-0.2, -0.15) is 5.10 Å². The molecule has 3 rings (SSSR count). The van der Waals surface area contributed by atoms with Gasteiger partial charge in [0.2, 0.25) is 0 Å². The third-order valence-electron chi connectivity index (χ3n) is 4.18. The quantitative estimate of drug-likeness (QED) is 0.881. The maximum atomic E-state index is 10.2. The maximum absolute atomic E-state index is 10.2. The van der Waals surface area contributed by atoms with Crippen LogP contribution in [-0.2, 0) is 0 Å². The molecule has 0 aliphatic carbocycles. The highest BCUT2D eigenvalue weighted by Gasteiger charge is 2.22. The minimum absolute atomic E-state index is 0.292. The molecule has 1 aliphatic heterocycles. The molecular weight excluding hydrogens is 314 g/mol. The lowest BCUT2D eigenvalue weighted by atomic mass is 10.1. The average molecular weight is 336 g/mol. The molecule has 1 aromatic carbocycles. The van der Waals surface area contributed by atoms with Crippen molar-refractivity contribution in [2.45, 2.75) is 25.0 Å². The summed E-state index contributed by atoms with van der Waals surface area (Å²) in [5, 5.41) is 15.2. The minimum Gasteiger partial charge on any atom is -0.491 e. The smallest absolute Gasteiger partial charge is 0.119 e. The molecule has 1 saturated heterocycles. The lowest BCUT2D eigenvalue weighted by Crippen LogP contribution is -2.41. The molecule has 124 valence electrons. The largest absolute Gasteiger partial charge is 0.491 e. The fraction of sp³-hybridized carbons (Fsp3) is 0.471. The van der Waals surface area contributed by atoms with Crippen LogP contribution in [0.2, 0.25) is 5.02 Å². The Balaban J connectivity index is 1.39. The molecule has 1 fully saturated rings. The number of rotatable bonds is 6. The molecule has 1 atom stereocenters. The molecule has 1 aliphatic rings. The molecule has 23 heavy (non-hydrogen) atoms. The van der Waals surface area contributed by atoms with Crippen molar-refractivity contribution < 1.29 is 9.84 Å². The van der Waals surface area contributed by atoms with Crippen LogP contribution in [-0.4, -0.2) is 52.1 Å². The molecule has 1 aromatic heterocycles. The summed E-state index contributed by atoms with van der Waals surface area (Å²) >= 11 is 5.83. The number of halogens is 1. The normalized spacial score (nSPS) is 18.0. The number of hydrogen-bond donors (Lipinski definition) is 1. The second-order valence-corrected chi connectivity index (χ2v) is 6.37. The molecule has 0 amide bonds. The number of ether oxygens (including phenoxy) is 1. The summed E-state index contributed by atoms with van der Waals surface area (Å²) in [6.07, 6.45) is 5.48. The fourth-order valence-corrected chi connectivity index (χ4v) is 3.06. The average Bonchev–Trinajstić information content (AvgIpc) is 3.09. The molecule has 0 bridgehead atoms. The zero-order valence-electron chi connectivity index (χ0n) is 13.0. The van der Waals surface area contributed by atoms with Crippen molar-refractivity contribution in [2.24, 2.45) is 0 Å². The summed E-state index contributed by atoms with van der Waals surface area (Å²) in [5.41, 5.74) is 0. The van der Waals surface area contributed by atoms with Gasteiger partial charge < -0.3 is 14.7 Å². The number of piperidine rings is 1. The summed E-state index contributed by atoms with van der Waals surface area (Å²) in [6, 6.07) is 9.62. The van der Waals surface area contributed by atoms with E-state index in [9.17, 15) is 5.11 Å². The number of hydrogen-bond acceptors (Lipinski definition) is 4. The molecule has 0 radical (unpaired) electrons. The van der Waals surface area contributed by atoms with Crippen LogP contribution in [0, 0.1) is 0 Å². The van der Waals surface area contributed by atoms with Crippen LogP contribution in [0.4, 0.5) is 0 Å². The first kappa shape index (κ1) is 16.3. The van der Waals surface area contributed by atoms with Crippen LogP contribution in [0.5, 0.6) is 5.75 Å². The first-order valence-corrected chi connectivity index (χ1v) is 8.36. The van der Waals surface area contributed by atoms with E-state index in [1.807, 2.05) is 35.3 Å². The van der Waals surface area contributed by atoms with E-state index >= 15 is 0 Å². The third kappa shape index (κ3) is 4.70. The van der Waals surface area contributed by atoms with Gasteiger partial charge in [-0.15, -0.1) is 0 Å². The van der Waals surface area contributed by atoms with Crippen molar-refractivity contribution in [3.05, 3.63) is 47.7 Å². The van der Waals surface area contributed by atoms with Crippen LogP contribution in [0.25, 0.3) is 0 Å². The summed E-state index contributed by atoms with van der Waals surface area (Å²) in [7, 11) is 0. The van der Waals surface area contributed by atoms with Gasteiger partial charge in [0.25, 0.3) is 0 Å². The van der Waals surface area contributed by atoms with Crippen molar-refractivity contribution >= 4 is 11.6 Å². The number of aromatic nitrogens is 2. The predicted molar refractivity (Wildman–Crippen MR) is 89.9 cm³/mol. The summed E-state index contributed by atoms with van der Waals surface area (Å²) in [6.45, 7) is 2.88. The van der Waals surface area contributed by atoms with Crippen LogP contribution in [0.15, 0.2) is 42.7 Å². The second kappa shape index (κ2) is 7.81. The van der Waals surface area contributed by atoms with E-state index in [-0.39, 0.29) is 0 Å². The molecule has 1 unspecified atom stereocenters. The fourth-order valence-electron chi connectivity index (χ4n) is 2.94. The number of benzene rings is 1. The highest BCUT2D eigenvalue weighted by Crippen LogP contribution is 2.21. The Labute approximate surface area is 141 Å². The standard InChI is InChI=1S/C17H22ClN3O2/c18-14-2-4-17(5-3-14)23-13-16(22)12-20-10-6-15(7-11-20)21-9-1-8-19-21/h1-5,8-9,15-16,22H,6-7,10-13H2. The van der Waals surface area contributed by atoms with E-state index < -0.39 is 6.10 Å². The number of likely N-dealkylation sites (tertiary alicyclic amines) is 1. The van der Waals surface area contributed by atoms with E-state index in [0.717, 1.165) is 31.7 Å². The van der Waals surface area contributed by atoms with Gasteiger partial charge in [0.1, 0.15) is 18.5 Å². The Morgan fingerprint density at radius 2 is 2.00 bits per heavy atom. The Bertz CT molecular complexity index is 580. The topological polar surface area (TPSA) is 50.5 Å². The lowest BCUT2D eigenvalue weighted by Gasteiger charge is -2.33. The van der Waals surface area contributed by atoms with Crippen molar-refractivity contribution in [3.63, 3.8) is 0 Å². The van der Waals surface area contributed by atoms with E-state index in [0.29, 0.717) is 24.2 Å². The highest BCUT2D eigenvalue weighted by molar-refractivity contribution is 6.30. The molecule has 2 heterocycles. The molecule has 0 spiro atoms. The van der Waals surface area contributed by atoms with Gasteiger partial charge in [0.05, 0.1) is 6.04 Å². The SMILES string of the molecule is OC(COc1ccc(Cl)cc1)CN1CCC(n2cccn2)CC1. The Kier molecular flexibility index (Phi) is 5.54. The van der Waals surface area contributed by atoms with Gasteiger partial charge in [-0.05, 0) is 43.2 Å². The molecule has 0 saturated carbocycles. The van der Waals surface area contributed by atoms with Crippen molar-refractivity contribution in [3.8, 4) is 5.75 Å². The second-order valence-electron chi connectivity index (χ2n) is 5.94.